The molecule has 2 rings (SSSR count). The predicted octanol–water partition coefficient (Wildman–Crippen LogP) is 2.41. The summed E-state index contributed by atoms with van der Waals surface area (Å²) in [5.41, 5.74) is 0. The Morgan fingerprint density at radius 1 is 1.40 bits per heavy atom. The van der Waals surface area contributed by atoms with Gasteiger partial charge in [0.05, 0.1) is 6.10 Å². The summed E-state index contributed by atoms with van der Waals surface area (Å²) >= 11 is 1.64. The first-order valence-electron chi connectivity index (χ1n) is 5.09. The quantitative estimate of drug-likeness (QED) is 0.733. The van der Waals surface area contributed by atoms with E-state index in [4.69, 9.17) is 4.74 Å². The van der Waals surface area contributed by atoms with Gasteiger partial charge in [0.25, 0.3) is 0 Å². The van der Waals surface area contributed by atoms with E-state index in [1.54, 1.807) is 11.8 Å². The molecule has 0 radical (unpaired) electrons. The highest BCUT2D eigenvalue weighted by molar-refractivity contribution is 7.98. The fraction of sp³-hybridized carbons (Fsp3) is 0.545. The van der Waals surface area contributed by atoms with E-state index in [1.165, 1.54) is 12.8 Å². The molecule has 0 bridgehead atoms. The number of aromatic nitrogens is 1. The molecule has 1 aromatic heterocycles. The lowest BCUT2D eigenvalue weighted by atomic mass is 10.4. The van der Waals surface area contributed by atoms with Gasteiger partial charge in [-0.25, -0.2) is 4.98 Å². The lowest BCUT2D eigenvalue weighted by Gasteiger charge is -2.14. The Morgan fingerprint density at radius 3 is 2.67 bits per heavy atom. The molecule has 0 aliphatic heterocycles. The average Bonchev–Trinajstić information content (AvgIpc) is 3.01. The van der Waals surface area contributed by atoms with Crippen molar-refractivity contribution < 1.29 is 4.74 Å². The van der Waals surface area contributed by atoms with Crippen molar-refractivity contribution in [2.24, 2.45) is 0 Å². The number of anilines is 1. The molecule has 0 N–H and O–H groups in total. The van der Waals surface area contributed by atoms with Crippen molar-refractivity contribution in [3.8, 4) is 5.75 Å². The number of pyridine rings is 1. The zero-order chi connectivity index (χ0) is 10.8. The number of hydrogen-bond donors (Lipinski definition) is 0. The van der Waals surface area contributed by atoms with E-state index in [9.17, 15) is 0 Å². The number of rotatable bonds is 4. The summed E-state index contributed by atoms with van der Waals surface area (Å²) in [7, 11) is 3.99. The Bertz CT molecular complexity index is 350. The largest absolute Gasteiger partial charge is 0.490 e. The van der Waals surface area contributed by atoms with Crippen molar-refractivity contribution in [3.05, 3.63) is 12.1 Å². The molecule has 82 valence electrons. The Balaban J connectivity index is 2.23. The van der Waals surface area contributed by atoms with E-state index >= 15 is 0 Å². The van der Waals surface area contributed by atoms with Gasteiger partial charge in [-0.1, -0.05) is 0 Å². The molecule has 1 heterocycles. The van der Waals surface area contributed by atoms with Crippen molar-refractivity contribution in [2.75, 3.05) is 25.3 Å². The topological polar surface area (TPSA) is 25.4 Å². The van der Waals surface area contributed by atoms with E-state index in [1.807, 2.05) is 37.4 Å². The summed E-state index contributed by atoms with van der Waals surface area (Å²) in [6.07, 6.45) is 4.85. The average molecular weight is 224 g/mol. The maximum absolute atomic E-state index is 5.78. The second-order valence-corrected chi connectivity index (χ2v) is 4.74. The fourth-order valence-electron chi connectivity index (χ4n) is 1.25. The van der Waals surface area contributed by atoms with E-state index in [2.05, 4.69) is 4.98 Å². The third kappa shape index (κ3) is 2.78. The van der Waals surface area contributed by atoms with Crippen LogP contribution in [-0.2, 0) is 0 Å². The fourth-order valence-corrected chi connectivity index (χ4v) is 1.67. The van der Waals surface area contributed by atoms with Crippen LogP contribution in [0.25, 0.3) is 0 Å². The molecule has 0 unspecified atom stereocenters. The normalized spacial score (nSPS) is 15.1. The van der Waals surface area contributed by atoms with Gasteiger partial charge in [-0.05, 0) is 19.1 Å². The highest BCUT2D eigenvalue weighted by Crippen LogP contribution is 2.30. The van der Waals surface area contributed by atoms with Gasteiger partial charge in [-0.3, -0.25) is 0 Å². The summed E-state index contributed by atoms with van der Waals surface area (Å²) in [4.78, 5) is 6.49. The Kier molecular flexibility index (Phi) is 3.05. The van der Waals surface area contributed by atoms with Crippen molar-refractivity contribution in [3.63, 3.8) is 0 Å². The van der Waals surface area contributed by atoms with Gasteiger partial charge in [0.1, 0.15) is 16.6 Å². The molecule has 3 nitrogen and oxygen atoms in total. The first-order chi connectivity index (χ1) is 7.19. The van der Waals surface area contributed by atoms with Crippen LogP contribution in [0.1, 0.15) is 12.8 Å². The summed E-state index contributed by atoms with van der Waals surface area (Å²) < 4.78 is 5.78. The van der Waals surface area contributed by atoms with Crippen molar-refractivity contribution in [1.29, 1.82) is 0 Å². The van der Waals surface area contributed by atoms with Crippen LogP contribution in [0.15, 0.2) is 17.2 Å². The van der Waals surface area contributed by atoms with Crippen LogP contribution in [0, 0.1) is 0 Å². The maximum atomic E-state index is 5.78. The highest BCUT2D eigenvalue weighted by atomic mass is 32.2. The molecule has 15 heavy (non-hydrogen) atoms. The maximum Gasteiger partial charge on any atom is 0.133 e. The molecule has 0 spiro atoms. The molecule has 1 aromatic rings. The smallest absolute Gasteiger partial charge is 0.133 e. The third-order valence-corrected chi connectivity index (χ3v) is 2.88. The van der Waals surface area contributed by atoms with Gasteiger partial charge >= 0.3 is 0 Å². The zero-order valence-electron chi connectivity index (χ0n) is 9.36. The number of thioether (sulfide) groups is 1. The molecular weight excluding hydrogens is 208 g/mol. The van der Waals surface area contributed by atoms with Crippen molar-refractivity contribution >= 4 is 17.6 Å². The lowest BCUT2D eigenvalue weighted by molar-refractivity contribution is 0.302. The SMILES string of the molecule is CSc1cc(OC2CC2)cc(N(C)C)n1. The Morgan fingerprint density at radius 2 is 2.13 bits per heavy atom. The summed E-state index contributed by atoms with van der Waals surface area (Å²) in [5.74, 6) is 1.90. The molecule has 1 aliphatic rings. The van der Waals surface area contributed by atoms with Crippen LogP contribution in [0.5, 0.6) is 5.75 Å². The number of ether oxygens (including phenoxy) is 1. The second kappa shape index (κ2) is 4.31. The second-order valence-electron chi connectivity index (χ2n) is 3.92. The number of hydrogen-bond acceptors (Lipinski definition) is 4. The minimum absolute atomic E-state index is 0.442. The molecule has 0 amide bonds. The summed E-state index contributed by atoms with van der Waals surface area (Å²) in [5, 5.41) is 1.01. The molecule has 1 aliphatic carbocycles. The Labute approximate surface area is 94.8 Å². The van der Waals surface area contributed by atoms with Crippen molar-refractivity contribution in [1.82, 2.24) is 4.98 Å². The Hall–Kier alpha value is -0.900. The standard InChI is InChI=1S/C11H16N2OS/c1-13(2)10-6-9(14-8-4-5-8)7-11(12-10)15-3/h6-8H,4-5H2,1-3H3. The van der Waals surface area contributed by atoms with Gasteiger partial charge in [0.2, 0.25) is 0 Å². The minimum atomic E-state index is 0.442. The van der Waals surface area contributed by atoms with Crippen LogP contribution < -0.4 is 9.64 Å². The first-order valence-corrected chi connectivity index (χ1v) is 6.31. The van der Waals surface area contributed by atoms with E-state index in [0.717, 1.165) is 16.6 Å². The van der Waals surface area contributed by atoms with Crippen LogP contribution in [0.2, 0.25) is 0 Å². The summed E-state index contributed by atoms with van der Waals surface area (Å²) in [6.45, 7) is 0. The van der Waals surface area contributed by atoms with Crippen LogP contribution in [0.3, 0.4) is 0 Å². The molecule has 0 saturated heterocycles. The monoisotopic (exact) mass is 224 g/mol. The highest BCUT2D eigenvalue weighted by Gasteiger charge is 2.23. The number of nitrogens with zero attached hydrogens (tertiary/aromatic N) is 2. The van der Waals surface area contributed by atoms with E-state index in [-0.39, 0.29) is 0 Å². The van der Waals surface area contributed by atoms with Crippen molar-refractivity contribution in [2.45, 2.75) is 24.0 Å². The predicted molar refractivity (Wildman–Crippen MR) is 64.0 cm³/mol. The van der Waals surface area contributed by atoms with Crippen LogP contribution in [0.4, 0.5) is 5.82 Å². The van der Waals surface area contributed by atoms with Gasteiger partial charge < -0.3 is 9.64 Å². The van der Waals surface area contributed by atoms with E-state index in [0.29, 0.717) is 6.10 Å². The summed E-state index contributed by atoms with van der Waals surface area (Å²) in [6, 6.07) is 4.01. The van der Waals surface area contributed by atoms with Gasteiger partial charge in [0, 0.05) is 26.2 Å². The molecule has 1 saturated carbocycles. The molecular formula is C11H16N2OS. The lowest BCUT2D eigenvalue weighted by Crippen LogP contribution is -2.11. The molecule has 1 fully saturated rings. The van der Waals surface area contributed by atoms with Gasteiger partial charge in [-0.15, -0.1) is 11.8 Å². The third-order valence-electron chi connectivity index (χ3n) is 2.26. The molecule has 4 heteroatoms. The van der Waals surface area contributed by atoms with Gasteiger partial charge in [0.15, 0.2) is 0 Å². The van der Waals surface area contributed by atoms with Gasteiger partial charge in [-0.2, -0.15) is 0 Å². The molecule has 0 aromatic carbocycles. The zero-order valence-corrected chi connectivity index (χ0v) is 10.2. The van der Waals surface area contributed by atoms with Crippen LogP contribution in [-0.4, -0.2) is 31.4 Å². The molecule has 0 atom stereocenters. The van der Waals surface area contributed by atoms with E-state index < -0.39 is 0 Å². The van der Waals surface area contributed by atoms with Crippen LogP contribution >= 0.6 is 11.8 Å². The minimum Gasteiger partial charge on any atom is -0.490 e. The first kappa shape index (κ1) is 10.6.